The van der Waals surface area contributed by atoms with Gasteiger partial charge in [0.05, 0.1) is 23.4 Å². The molecule has 0 unspecified atom stereocenters. The molecule has 50 heavy (non-hydrogen) atoms. The highest BCUT2D eigenvalue weighted by Crippen LogP contribution is 2.59. The number of aliphatic hydroxyl groups is 1. The Morgan fingerprint density at radius 2 is 1.62 bits per heavy atom. The molecule has 280 valence electrons. The van der Waals surface area contributed by atoms with Crippen molar-refractivity contribution < 1.29 is 46.8 Å². The summed E-state index contributed by atoms with van der Waals surface area (Å²) in [4.78, 5) is 26.7. The third-order valence-corrected chi connectivity index (χ3v) is 13.5. The molecule has 4 fully saturated rings. The topological polar surface area (TPSA) is 91.3 Å². The molecule has 10 heteroatoms. The van der Waals surface area contributed by atoms with Crippen molar-refractivity contribution in [2.75, 3.05) is 7.11 Å². The van der Waals surface area contributed by atoms with Crippen LogP contribution in [0.25, 0.3) is 0 Å². The number of benzene rings is 1. The number of carbonyl (C=O) groups is 2. The second-order valence-corrected chi connectivity index (χ2v) is 17.0. The third kappa shape index (κ3) is 6.28. The van der Waals surface area contributed by atoms with Gasteiger partial charge in [0, 0.05) is 29.9 Å². The van der Waals surface area contributed by atoms with Crippen LogP contribution < -0.4 is 0 Å². The SMILES string of the molecule is C=C1CC[C@@H]2OC(C)(C)[C@H](OC(=O)[C@](OC)(c3ccccc3)C(F)(F)F)CC[C@@]2(C)[C@@H]1CC[C@]1(O)[C@@H](C)CC[C@@H]2OC(C)(C)C(=O)CC[C@]21C. The summed E-state index contributed by atoms with van der Waals surface area (Å²) >= 11 is 0. The fraction of sp³-hybridized carbons (Fsp3) is 0.750. The predicted octanol–water partition coefficient (Wildman–Crippen LogP) is 8.41. The van der Waals surface area contributed by atoms with Gasteiger partial charge in [-0.3, -0.25) is 4.79 Å². The molecule has 9 atom stereocenters. The number of Topliss-reactive ketones (excluding diaryl/α,β-unsaturated/α-hetero) is 1. The number of hydrogen-bond donors (Lipinski definition) is 1. The minimum absolute atomic E-state index is 0.0171. The zero-order chi connectivity index (χ0) is 37.1. The monoisotopic (exact) mass is 706 g/mol. The maximum Gasteiger partial charge on any atom is 0.432 e. The second kappa shape index (κ2) is 13.3. The van der Waals surface area contributed by atoms with E-state index < -0.39 is 51.5 Å². The van der Waals surface area contributed by atoms with Crippen molar-refractivity contribution in [2.24, 2.45) is 22.7 Å². The number of carbonyl (C=O) groups excluding carboxylic acids is 2. The predicted molar refractivity (Wildman–Crippen MR) is 183 cm³/mol. The molecule has 2 heterocycles. The molecule has 1 N–H and O–H groups in total. The molecule has 2 aliphatic heterocycles. The van der Waals surface area contributed by atoms with Gasteiger partial charge in [0.1, 0.15) is 11.7 Å². The molecule has 7 nitrogen and oxygen atoms in total. The van der Waals surface area contributed by atoms with Gasteiger partial charge in [0.25, 0.3) is 5.60 Å². The highest BCUT2D eigenvalue weighted by molar-refractivity contribution is 5.86. The number of fused-ring (bicyclic) bond motifs is 2. The third-order valence-electron chi connectivity index (χ3n) is 13.5. The Kier molecular flexibility index (Phi) is 10.4. The summed E-state index contributed by atoms with van der Waals surface area (Å²) in [5, 5.41) is 12.7. The summed E-state index contributed by atoms with van der Waals surface area (Å²) in [6, 6.07) is 6.84. The van der Waals surface area contributed by atoms with Gasteiger partial charge in [-0.25, -0.2) is 4.79 Å². The van der Waals surface area contributed by atoms with E-state index in [1.807, 2.05) is 13.8 Å². The van der Waals surface area contributed by atoms with E-state index in [-0.39, 0.29) is 41.8 Å². The number of ether oxygens (including phenoxy) is 4. The van der Waals surface area contributed by atoms with Crippen molar-refractivity contribution >= 4 is 11.8 Å². The largest absolute Gasteiger partial charge is 0.457 e. The molecule has 5 rings (SSSR count). The molecule has 2 saturated carbocycles. The van der Waals surface area contributed by atoms with Crippen molar-refractivity contribution in [2.45, 2.75) is 160 Å². The molecular weight excluding hydrogens is 649 g/mol. The van der Waals surface area contributed by atoms with E-state index in [9.17, 15) is 27.9 Å². The Hall–Kier alpha value is -2.27. The molecule has 4 aliphatic rings. The normalized spacial score (nSPS) is 38.5. The summed E-state index contributed by atoms with van der Waals surface area (Å²) in [5.74, 6) is -1.56. The quantitative estimate of drug-likeness (QED) is 0.225. The van der Waals surface area contributed by atoms with E-state index in [2.05, 4.69) is 27.4 Å². The average Bonchev–Trinajstić information content (AvgIpc) is 3.19. The smallest absolute Gasteiger partial charge is 0.432 e. The number of alkyl halides is 3. The number of rotatable bonds is 7. The van der Waals surface area contributed by atoms with Crippen LogP contribution in [0.5, 0.6) is 0 Å². The summed E-state index contributed by atoms with van der Waals surface area (Å²) < 4.78 is 68.3. The van der Waals surface area contributed by atoms with Crippen LogP contribution in [0.15, 0.2) is 42.5 Å². The van der Waals surface area contributed by atoms with E-state index in [1.165, 1.54) is 24.3 Å². The number of halogens is 3. The first kappa shape index (κ1) is 38.9. The van der Waals surface area contributed by atoms with Crippen LogP contribution in [0, 0.1) is 22.7 Å². The standard InChI is InChI=1S/C40H57F3O7/c1-25-15-17-31-36(7,28(25)19-24-38(46)26(2)16-18-32-37(38,8)23-20-29(44)34(3,4)50-32)22-21-30(35(5,6)49-31)48-33(45)39(47-9,40(41,42)43)27-13-11-10-12-14-27/h10-14,26,28,30-32,46H,1,15-24H2,2-9H3/t26-,28+,30+,31-,32-,36-,37+,38-,39+/m0/s1. The van der Waals surface area contributed by atoms with Crippen molar-refractivity contribution in [3.8, 4) is 0 Å². The molecule has 2 aliphatic carbocycles. The number of esters is 1. The van der Waals surface area contributed by atoms with Crippen LogP contribution in [0.3, 0.4) is 0 Å². The molecule has 0 radical (unpaired) electrons. The molecule has 1 aromatic rings. The highest BCUT2D eigenvalue weighted by atomic mass is 19.4. The molecule has 1 aromatic carbocycles. The maximum absolute atomic E-state index is 14.7. The van der Waals surface area contributed by atoms with Crippen molar-refractivity contribution in [1.29, 1.82) is 0 Å². The van der Waals surface area contributed by atoms with Gasteiger partial charge in [-0.05, 0) is 97.3 Å². The van der Waals surface area contributed by atoms with Gasteiger partial charge in [0.2, 0.25) is 0 Å². The minimum atomic E-state index is -5.09. The molecule has 0 aromatic heterocycles. The van der Waals surface area contributed by atoms with E-state index >= 15 is 0 Å². The van der Waals surface area contributed by atoms with Crippen molar-refractivity contribution in [1.82, 2.24) is 0 Å². The Morgan fingerprint density at radius 3 is 2.24 bits per heavy atom. The van der Waals surface area contributed by atoms with Gasteiger partial charge >= 0.3 is 12.1 Å². The molecule has 0 bridgehead atoms. The van der Waals surface area contributed by atoms with Gasteiger partial charge < -0.3 is 24.1 Å². The van der Waals surface area contributed by atoms with Crippen LogP contribution in [-0.4, -0.2) is 65.3 Å². The first-order valence-electron chi connectivity index (χ1n) is 18.3. The summed E-state index contributed by atoms with van der Waals surface area (Å²) in [7, 11) is 0.867. The lowest BCUT2D eigenvalue weighted by molar-refractivity contribution is -0.282. The van der Waals surface area contributed by atoms with E-state index in [0.717, 1.165) is 25.5 Å². The maximum atomic E-state index is 14.7. The Bertz CT molecular complexity index is 1440. The average molecular weight is 707 g/mol. The van der Waals surface area contributed by atoms with Crippen LogP contribution in [0.1, 0.15) is 118 Å². The number of hydrogen-bond acceptors (Lipinski definition) is 7. The fourth-order valence-electron chi connectivity index (χ4n) is 9.96. The minimum Gasteiger partial charge on any atom is -0.457 e. The van der Waals surface area contributed by atoms with Gasteiger partial charge in [0.15, 0.2) is 5.78 Å². The Balaban J connectivity index is 1.40. The van der Waals surface area contributed by atoms with Gasteiger partial charge in [-0.15, -0.1) is 0 Å². The van der Waals surface area contributed by atoms with Crippen molar-refractivity contribution in [3.63, 3.8) is 0 Å². The fourth-order valence-corrected chi connectivity index (χ4v) is 9.96. The lowest BCUT2D eigenvalue weighted by Crippen LogP contribution is -2.61. The van der Waals surface area contributed by atoms with Crippen LogP contribution in [-0.2, 0) is 34.1 Å². The highest BCUT2D eigenvalue weighted by Gasteiger charge is 2.65. The summed E-state index contributed by atoms with van der Waals surface area (Å²) in [5.41, 5.74) is -6.82. The Morgan fingerprint density at radius 1 is 0.960 bits per heavy atom. The molecule has 2 saturated heterocycles. The lowest BCUT2D eigenvalue weighted by atomic mass is 9.53. The van der Waals surface area contributed by atoms with Gasteiger partial charge in [-0.2, -0.15) is 13.2 Å². The van der Waals surface area contributed by atoms with E-state index in [1.54, 1.807) is 19.9 Å². The summed E-state index contributed by atoms with van der Waals surface area (Å²) in [6.45, 7) is 18.0. The van der Waals surface area contributed by atoms with Crippen LogP contribution in [0.2, 0.25) is 0 Å². The molecule has 0 amide bonds. The van der Waals surface area contributed by atoms with Crippen LogP contribution >= 0.6 is 0 Å². The zero-order valence-electron chi connectivity index (χ0n) is 31.1. The number of ketones is 1. The Labute approximate surface area is 295 Å². The molecular formula is C40H57F3O7. The first-order chi connectivity index (χ1) is 23.1. The summed E-state index contributed by atoms with van der Waals surface area (Å²) in [6.07, 6.45) is -0.898. The number of allylic oxidation sites excluding steroid dienone is 1. The van der Waals surface area contributed by atoms with E-state index in [0.29, 0.717) is 44.9 Å². The van der Waals surface area contributed by atoms with E-state index in [4.69, 9.17) is 18.9 Å². The van der Waals surface area contributed by atoms with Crippen LogP contribution in [0.4, 0.5) is 13.2 Å². The zero-order valence-corrected chi connectivity index (χ0v) is 31.1. The second-order valence-electron chi connectivity index (χ2n) is 17.0. The first-order valence-corrected chi connectivity index (χ1v) is 18.3. The number of methoxy groups -OCH3 is 1. The molecule has 0 spiro atoms. The lowest BCUT2D eigenvalue weighted by Gasteiger charge is -2.57. The van der Waals surface area contributed by atoms with Gasteiger partial charge in [-0.1, -0.05) is 63.3 Å². The van der Waals surface area contributed by atoms with Crippen molar-refractivity contribution in [3.05, 3.63) is 48.0 Å².